The molecule has 4 heteroatoms. The molecule has 0 aromatic carbocycles. The van der Waals surface area contributed by atoms with E-state index >= 15 is 0 Å². The molecule has 0 saturated carbocycles. The molecule has 2 N–H and O–H groups in total. The number of hydrogen-bond acceptors (Lipinski definition) is 4. The monoisotopic (exact) mass is 139 g/mol. The Morgan fingerprint density at radius 2 is 2.20 bits per heavy atom. The van der Waals surface area contributed by atoms with Crippen molar-refractivity contribution in [1.29, 1.82) is 0 Å². The first-order chi connectivity index (χ1) is 4.74. The second-order valence-electron chi connectivity index (χ2n) is 1.95. The summed E-state index contributed by atoms with van der Waals surface area (Å²) in [5, 5.41) is 7.45. The zero-order chi connectivity index (χ0) is 7.56. The molecule has 54 valence electrons. The van der Waals surface area contributed by atoms with E-state index in [9.17, 15) is 0 Å². The zero-order valence-corrected chi connectivity index (χ0v) is 5.96. The SMILES string of the molecule is COc1nnc(C)cc1N. The van der Waals surface area contributed by atoms with Crippen LogP contribution in [0.15, 0.2) is 6.07 Å². The molecular formula is C6H9N3O. The third-order valence-corrected chi connectivity index (χ3v) is 1.10. The number of nitrogen functional groups attached to an aromatic ring is 1. The lowest BCUT2D eigenvalue weighted by atomic mass is 10.4. The van der Waals surface area contributed by atoms with Crippen molar-refractivity contribution in [3.05, 3.63) is 11.8 Å². The van der Waals surface area contributed by atoms with E-state index in [1.54, 1.807) is 6.07 Å². The van der Waals surface area contributed by atoms with Gasteiger partial charge >= 0.3 is 0 Å². The predicted molar refractivity (Wildman–Crippen MR) is 37.7 cm³/mol. The van der Waals surface area contributed by atoms with Crippen molar-refractivity contribution in [2.24, 2.45) is 0 Å². The van der Waals surface area contributed by atoms with Gasteiger partial charge in [0.05, 0.1) is 18.5 Å². The minimum atomic E-state index is 0.380. The molecule has 0 spiro atoms. The van der Waals surface area contributed by atoms with Crippen LogP contribution in [0, 0.1) is 6.92 Å². The molecule has 0 bridgehead atoms. The van der Waals surface area contributed by atoms with Gasteiger partial charge < -0.3 is 10.5 Å². The third kappa shape index (κ3) is 1.15. The van der Waals surface area contributed by atoms with Crippen molar-refractivity contribution >= 4 is 5.69 Å². The Balaban J connectivity index is 3.07. The largest absolute Gasteiger partial charge is 0.478 e. The number of methoxy groups -OCH3 is 1. The molecule has 0 aliphatic rings. The third-order valence-electron chi connectivity index (χ3n) is 1.10. The van der Waals surface area contributed by atoms with Gasteiger partial charge in [-0.15, -0.1) is 5.10 Å². The lowest BCUT2D eigenvalue weighted by molar-refractivity contribution is 0.394. The fraction of sp³-hybridized carbons (Fsp3) is 0.333. The number of hydrogen-bond donors (Lipinski definition) is 1. The standard InChI is InChI=1S/C6H9N3O/c1-4-3-5(7)6(10-2)9-8-4/h3H,1-2H3,(H2,7,8). The summed E-state index contributed by atoms with van der Waals surface area (Å²) in [6.07, 6.45) is 0. The van der Waals surface area contributed by atoms with Gasteiger partial charge in [-0.3, -0.25) is 0 Å². The van der Waals surface area contributed by atoms with Crippen molar-refractivity contribution in [3.8, 4) is 5.88 Å². The van der Waals surface area contributed by atoms with Crippen molar-refractivity contribution in [3.63, 3.8) is 0 Å². The molecule has 1 heterocycles. The van der Waals surface area contributed by atoms with Gasteiger partial charge in [0.1, 0.15) is 0 Å². The second-order valence-corrected chi connectivity index (χ2v) is 1.95. The van der Waals surface area contributed by atoms with Gasteiger partial charge in [0, 0.05) is 0 Å². The zero-order valence-electron chi connectivity index (χ0n) is 5.96. The summed E-state index contributed by atoms with van der Waals surface area (Å²) in [5.41, 5.74) is 6.82. The van der Waals surface area contributed by atoms with Gasteiger partial charge in [0.25, 0.3) is 5.88 Å². The number of aryl methyl sites for hydroxylation is 1. The molecule has 1 aromatic rings. The molecule has 1 aromatic heterocycles. The molecular weight excluding hydrogens is 130 g/mol. The van der Waals surface area contributed by atoms with E-state index in [4.69, 9.17) is 10.5 Å². The molecule has 4 nitrogen and oxygen atoms in total. The number of aromatic nitrogens is 2. The molecule has 0 unspecified atom stereocenters. The highest BCUT2D eigenvalue weighted by Gasteiger charge is 1.99. The van der Waals surface area contributed by atoms with Gasteiger partial charge in [-0.25, -0.2) is 0 Å². The number of nitrogens with two attached hydrogens (primary N) is 1. The maximum Gasteiger partial charge on any atom is 0.256 e. The van der Waals surface area contributed by atoms with E-state index in [1.165, 1.54) is 7.11 Å². The number of ether oxygens (including phenoxy) is 1. The normalized spacial score (nSPS) is 9.40. The van der Waals surface area contributed by atoms with Gasteiger partial charge in [0.2, 0.25) is 0 Å². The molecule has 0 fully saturated rings. The summed E-state index contributed by atoms with van der Waals surface area (Å²) in [7, 11) is 1.51. The number of nitrogens with zero attached hydrogens (tertiary/aromatic N) is 2. The van der Waals surface area contributed by atoms with Crippen LogP contribution in [-0.2, 0) is 0 Å². The van der Waals surface area contributed by atoms with Crippen LogP contribution in [0.2, 0.25) is 0 Å². The Hall–Kier alpha value is -1.32. The lowest BCUT2D eigenvalue weighted by Crippen LogP contribution is -1.98. The highest BCUT2D eigenvalue weighted by atomic mass is 16.5. The Bertz CT molecular complexity index is 236. The Morgan fingerprint density at radius 1 is 1.50 bits per heavy atom. The van der Waals surface area contributed by atoms with Crippen LogP contribution in [0.5, 0.6) is 5.88 Å². The van der Waals surface area contributed by atoms with E-state index in [0.717, 1.165) is 5.69 Å². The van der Waals surface area contributed by atoms with Gasteiger partial charge in [-0.05, 0) is 13.0 Å². The maximum absolute atomic E-state index is 5.50. The summed E-state index contributed by atoms with van der Waals surface area (Å²) in [4.78, 5) is 0. The lowest BCUT2D eigenvalue weighted by Gasteiger charge is -2.00. The fourth-order valence-corrected chi connectivity index (χ4v) is 0.656. The summed E-state index contributed by atoms with van der Waals surface area (Å²) in [5.74, 6) is 0.380. The molecule has 0 atom stereocenters. The number of rotatable bonds is 1. The van der Waals surface area contributed by atoms with Gasteiger partial charge in [-0.1, -0.05) is 0 Å². The molecule has 0 saturated heterocycles. The summed E-state index contributed by atoms with van der Waals surface area (Å²) in [6.45, 7) is 1.82. The topological polar surface area (TPSA) is 61.0 Å². The predicted octanol–water partition coefficient (Wildman–Crippen LogP) is 0.376. The Kier molecular flexibility index (Phi) is 1.71. The van der Waals surface area contributed by atoms with E-state index in [1.807, 2.05) is 6.92 Å². The van der Waals surface area contributed by atoms with Crippen LogP contribution < -0.4 is 10.5 Å². The quantitative estimate of drug-likeness (QED) is 0.610. The Morgan fingerprint density at radius 3 is 2.70 bits per heavy atom. The molecule has 0 radical (unpaired) electrons. The van der Waals surface area contributed by atoms with Crippen LogP contribution >= 0.6 is 0 Å². The molecule has 1 rings (SSSR count). The van der Waals surface area contributed by atoms with E-state index in [0.29, 0.717) is 11.6 Å². The van der Waals surface area contributed by atoms with E-state index in [-0.39, 0.29) is 0 Å². The van der Waals surface area contributed by atoms with E-state index < -0.39 is 0 Å². The average molecular weight is 139 g/mol. The Labute approximate surface area is 59.0 Å². The van der Waals surface area contributed by atoms with E-state index in [2.05, 4.69) is 10.2 Å². The summed E-state index contributed by atoms with van der Waals surface area (Å²) < 4.78 is 4.80. The van der Waals surface area contributed by atoms with Crippen molar-refractivity contribution in [2.75, 3.05) is 12.8 Å². The van der Waals surface area contributed by atoms with Crippen molar-refractivity contribution < 1.29 is 4.74 Å². The van der Waals surface area contributed by atoms with Crippen molar-refractivity contribution in [1.82, 2.24) is 10.2 Å². The maximum atomic E-state index is 5.50. The number of anilines is 1. The van der Waals surface area contributed by atoms with Crippen LogP contribution in [-0.4, -0.2) is 17.3 Å². The smallest absolute Gasteiger partial charge is 0.256 e. The second kappa shape index (κ2) is 2.51. The minimum Gasteiger partial charge on any atom is -0.478 e. The average Bonchev–Trinajstić information content (AvgIpc) is 1.88. The van der Waals surface area contributed by atoms with Crippen LogP contribution in [0.3, 0.4) is 0 Å². The molecule has 10 heavy (non-hydrogen) atoms. The minimum absolute atomic E-state index is 0.380. The van der Waals surface area contributed by atoms with Gasteiger partial charge in [0.15, 0.2) is 0 Å². The van der Waals surface area contributed by atoms with Crippen molar-refractivity contribution in [2.45, 2.75) is 6.92 Å². The van der Waals surface area contributed by atoms with Gasteiger partial charge in [-0.2, -0.15) is 5.10 Å². The molecule has 0 aliphatic carbocycles. The van der Waals surface area contributed by atoms with Crippen LogP contribution in [0.25, 0.3) is 0 Å². The summed E-state index contributed by atoms with van der Waals surface area (Å²) >= 11 is 0. The van der Waals surface area contributed by atoms with Crippen LogP contribution in [0.1, 0.15) is 5.69 Å². The first-order valence-corrected chi connectivity index (χ1v) is 2.88. The first-order valence-electron chi connectivity index (χ1n) is 2.88. The van der Waals surface area contributed by atoms with Crippen LogP contribution in [0.4, 0.5) is 5.69 Å². The highest BCUT2D eigenvalue weighted by Crippen LogP contribution is 2.15. The first kappa shape index (κ1) is 6.80. The summed E-state index contributed by atoms with van der Waals surface area (Å²) in [6, 6.07) is 1.71. The molecule has 0 amide bonds. The fourth-order valence-electron chi connectivity index (χ4n) is 0.656. The molecule has 0 aliphatic heterocycles. The highest BCUT2D eigenvalue weighted by molar-refractivity contribution is 5.47.